The van der Waals surface area contributed by atoms with E-state index in [1.807, 2.05) is 11.8 Å². The number of nitriles is 1. The maximum atomic E-state index is 17.1. The molecule has 4 aromatic rings. The molecule has 0 spiro atoms. The topological polar surface area (TPSA) is 146 Å². The van der Waals surface area contributed by atoms with Gasteiger partial charge in [-0.25, -0.2) is 9.37 Å². The number of ether oxygens (including phenoxy) is 3. The molecule has 50 heavy (non-hydrogen) atoms. The summed E-state index contributed by atoms with van der Waals surface area (Å²) in [6.45, 7) is 6.45. The van der Waals surface area contributed by atoms with Gasteiger partial charge in [0.05, 0.1) is 56.2 Å². The van der Waals surface area contributed by atoms with Gasteiger partial charge in [-0.05, 0) is 70.5 Å². The number of benzene rings is 1. The van der Waals surface area contributed by atoms with Crippen molar-refractivity contribution in [1.29, 1.82) is 5.26 Å². The van der Waals surface area contributed by atoms with Gasteiger partial charge in [-0.2, -0.15) is 20.3 Å². The Bertz CT molecular complexity index is 2000. The monoisotopic (exact) mass is 704 g/mol. The van der Waals surface area contributed by atoms with E-state index in [2.05, 4.69) is 28.1 Å². The highest BCUT2D eigenvalue weighted by molar-refractivity contribution is 6.33. The first-order chi connectivity index (χ1) is 24.1. The molecular weight excluding hydrogens is 663 g/mol. The molecule has 5 heterocycles. The maximum Gasteiger partial charge on any atom is 0.319 e. The van der Waals surface area contributed by atoms with Crippen LogP contribution in [0.5, 0.6) is 11.9 Å². The van der Waals surface area contributed by atoms with Gasteiger partial charge in [0.2, 0.25) is 5.88 Å². The summed E-state index contributed by atoms with van der Waals surface area (Å²) in [5.41, 5.74) is 1.46. The van der Waals surface area contributed by atoms with Crippen LogP contribution in [0.4, 0.5) is 10.2 Å². The Hall–Kier alpha value is -3.83. The third-order valence-electron chi connectivity index (χ3n) is 11.6. The molecule has 12 nitrogen and oxygen atoms in total. The van der Waals surface area contributed by atoms with Crippen molar-refractivity contribution in [3.63, 3.8) is 0 Å². The van der Waals surface area contributed by atoms with Crippen molar-refractivity contribution in [3.05, 3.63) is 28.7 Å². The van der Waals surface area contributed by atoms with Crippen molar-refractivity contribution in [2.45, 2.75) is 77.0 Å². The van der Waals surface area contributed by atoms with Gasteiger partial charge in [-0.15, -0.1) is 0 Å². The van der Waals surface area contributed by atoms with Gasteiger partial charge < -0.3 is 24.2 Å². The van der Waals surface area contributed by atoms with Crippen LogP contribution in [-0.4, -0.2) is 99.9 Å². The number of H-pyrrole nitrogens is 1. The van der Waals surface area contributed by atoms with E-state index in [1.165, 1.54) is 7.11 Å². The van der Waals surface area contributed by atoms with Crippen LogP contribution < -0.4 is 14.4 Å². The van der Waals surface area contributed by atoms with Gasteiger partial charge in [-0.3, -0.25) is 10.00 Å². The lowest BCUT2D eigenvalue weighted by Crippen LogP contribution is -2.60. The average Bonchev–Trinajstić information content (AvgIpc) is 3.69. The van der Waals surface area contributed by atoms with E-state index in [-0.39, 0.29) is 52.5 Å². The Kier molecular flexibility index (Phi) is 8.49. The Morgan fingerprint density at radius 3 is 2.84 bits per heavy atom. The second-order valence-electron chi connectivity index (χ2n) is 14.8. The number of likely N-dealkylation sites (tertiary alicyclic amines) is 1. The quantitative estimate of drug-likeness (QED) is 0.249. The highest BCUT2D eigenvalue weighted by Gasteiger charge is 2.54. The van der Waals surface area contributed by atoms with Gasteiger partial charge in [0.1, 0.15) is 22.4 Å². The molecule has 2 aliphatic carbocycles. The number of aliphatic hydroxyl groups is 1. The normalized spacial score (nSPS) is 28.7. The van der Waals surface area contributed by atoms with E-state index in [0.29, 0.717) is 64.7 Å². The number of hydrogen-bond acceptors (Lipinski definition) is 11. The fraction of sp³-hybridized carbons (Fsp3) is 0.583. The second-order valence-corrected chi connectivity index (χ2v) is 15.2. The van der Waals surface area contributed by atoms with Crippen LogP contribution in [0.15, 0.2) is 12.3 Å². The molecule has 4 aliphatic rings. The number of rotatable bonds is 7. The highest BCUT2D eigenvalue weighted by Crippen LogP contribution is 2.53. The van der Waals surface area contributed by atoms with Crippen LogP contribution in [0.1, 0.15) is 57.4 Å². The number of aromatic nitrogens is 5. The van der Waals surface area contributed by atoms with E-state index in [1.54, 1.807) is 12.3 Å². The van der Waals surface area contributed by atoms with Crippen molar-refractivity contribution < 1.29 is 23.7 Å². The molecule has 0 bridgehead atoms. The molecule has 3 unspecified atom stereocenters. The number of hydrogen-bond donors (Lipinski definition) is 2. The summed E-state index contributed by atoms with van der Waals surface area (Å²) in [5.74, 6) is -0.174. The van der Waals surface area contributed by atoms with Gasteiger partial charge >= 0.3 is 6.01 Å². The van der Waals surface area contributed by atoms with Crippen LogP contribution in [0.2, 0.25) is 5.02 Å². The molecule has 2 aliphatic heterocycles. The number of nitrogens with one attached hydrogen (secondary N) is 1. The predicted octanol–water partition coefficient (Wildman–Crippen LogP) is 5.58. The molecule has 14 heteroatoms. The van der Waals surface area contributed by atoms with Crippen LogP contribution in [0, 0.1) is 34.9 Å². The molecule has 264 valence electrons. The van der Waals surface area contributed by atoms with Crippen LogP contribution >= 0.6 is 11.6 Å². The molecule has 2 N–H and O–H groups in total. The van der Waals surface area contributed by atoms with Crippen molar-refractivity contribution in [1.82, 2.24) is 30.0 Å². The predicted molar refractivity (Wildman–Crippen MR) is 186 cm³/mol. The van der Waals surface area contributed by atoms with Crippen LogP contribution in [0.3, 0.4) is 0 Å². The Labute approximate surface area is 294 Å². The number of pyridine rings is 1. The number of β-amino-alcohol motifs (C(OH)–C–C–N with tert-alkyl or cyclic N) is 1. The first kappa shape index (κ1) is 33.3. The number of aliphatic hydroxyl groups excluding tert-OH is 1. The van der Waals surface area contributed by atoms with Crippen molar-refractivity contribution in [3.8, 4) is 29.2 Å². The zero-order valence-electron chi connectivity index (χ0n) is 28.6. The van der Waals surface area contributed by atoms with E-state index >= 15 is 4.39 Å². The average molecular weight is 705 g/mol. The second kappa shape index (κ2) is 12.7. The number of methoxy groups -OCH3 is 1. The summed E-state index contributed by atoms with van der Waals surface area (Å²) in [6.07, 6.45) is 7.93. The van der Waals surface area contributed by atoms with E-state index < -0.39 is 11.9 Å². The number of halogens is 2. The fourth-order valence-corrected chi connectivity index (χ4v) is 9.26. The van der Waals surface area contributed by atoms with E-state index in [4.69, 9.17) is 40.8 Å². The number of piperidine rings is 1. The number of anilines is 1. The molecule has 4 fully saturated rings. The van der Waals surface area contributed by atoms with Crippen molar-refractivity contribution >= 4 is 39.2 Å². The third-order valence-corrected chi connectivity index (χ3v) is 12.0. The Balaban J connectivity index is 1.22. The summed E-state index contributed by atoms with van der Waals surface area (Å²) in [7, 11) is 1.48. The smallest absolute Gasteiger partial charge is 0.319 e. The SMILES string of the molecule is COc1nc(-c2c(C)c(Cl)cc3[nH]ncc23)c(F)c2nc(OCC34CCCC3N(C3CC(C)(C#N)C3)CCC4)nc(N3CCOCC(O)C3)c12. The van der Waals surface area contributed by atoms with Crippen molar-refractivity contribution in [2.24, 2.45) is 10.8 Å². The summed E-state index contributed by atoms with van der Waals surface area (Å²) >= 11 is 6.61. The molecule has 0 amide bonds. The molecule has 1 aromatic carbocycles. The van der Waals surface area contributed by atoms with E-state index in [0.717, 1.165) is 51.5 Å². The molecule has 2 saturated carbocycles. The van der Waals surface area contributed by atoms with Crippen LogP contribution in [-0.2, 0) is 4.74 Å². The summed E-state index contributed by atoms with van der Waals surface area (Å²) < 4.78 is 35.1. The summed E-state index contributed by atoms with van der Waals surface area (Å²) in [4.78, 5) is 18.8. The minimum Gasteiger partial charge on any atom is -0.480 e. The maximum absolute atomic E-state index is 17.1. The zero-order chi connectivity index (χ0) is 34.8. The zero-order valence-corrected chi connectivity index (χ0v) is 29.4. The third kappa shape index (κ3) is 5.52. The van der Waals surface area contributed by atoms with Gasteiger partial charge in [-0.1, -0.05) is 18.0 Å². The Morgan fingerprint density at radius 1 is 1.22 bits per heavy atom. The minimum atomic E-state index is -0.779. The highest BCUT2D eigenvalue weighted by atomic mass is 35.5. The minimum absolute atomic E-state index is 0.00137. The summed E-state index contributed by atoms with van der Waals surface area (Å²) in [5, 5.41) is 28.8. The lowest BCUT2D eigenvalue weighted by molar-refractivity contribution is -0.0629. The largest absolute Gasteiger partial charge is 0.480 e. The summed E-state index contributed by atoms with van der Waals surface area (Å²) in [6, 6.07) is 5.07. The molecule has 8 rings (SSSR count). The van der Waals surface area contributed by atoms with Crippen LogP contribution in [0.25, 0.3) is 33.1 Å². The first-order valence-corrected chi connectivity index (χ1v) is 17.9. The molecule has 0 radical (unpaired) electrons. The number of fused-ring (bicyclic) bond motifs is 3. The van der Waals surface area contributed by atoms with Gasteiger partial charge in [0.25, 0.3) is 0 Å². The lowest BCUT2D eigenvalue weighted by atomic mass is 9.65. The van der Waals surface area contributed by atoms with Crippen molar-refractivity contribution in [2.75, 3.05) is 51.5 Å². The number of aromatic amines is 1. The fourth-order valence-electron chi connectivity index (χ4n) is 9.05. The standard InChI is InChI=1S/C36H42ClFN8O4/c1-20-24(37)12-25-23(15-40-44-25)27(20)30-29(38)31-28(33(41-30)48-3)32(45-10-11-49-17-22(47)16-45)43-34(42-31)50-19-36-7-4-6-26(36)46(9-5-8-36)21-13-35(2,14-21)18-39/h12,15,21-22,26,47H,4-11,13-14,16-17,19H2,1-3H3,(H,40,44). The lowest BCUT2D eigenvalue weighted by Gasteiger charge is -2.54. The first-order valence-electron chi connectivity index (χ1n) is 17.5. The molecule has 2 saturated heterocycles. The van der Waals surface area contributed by atoms with Gasteiger partial charge in [0, 0.05) is 46.6 Å². The Morgan fingerprint density at radius 2 is 2.04 bits per heavy atom. The van der Waals surface area contributed by atoms with Gasteiger partial charge in [0.15, 0.2) is 5.82 Å². The number of nitrogens with zero attached hydrogens (tertiary/aromatic N) is 7. The molecule has 3 atom stereocenters. The van der Waals surface area contributed by atoms with E-state index in [9.17, 15) is 10.4 Å². The molecular formula is C36H42ClFN8O4. The molecule has 3 aromatic heterocycles.